The molecular weight excluding hydrogens is 354 g/mol. The Labute approximate surface area is 158 Å². The maximum atomic E-state index is 12.5. The largest absolute Gasteiger partial charge is 0.495 e. The van der Waals surface area contributed by atoms with Crippen LogP contribution in [0.4, 0.5) is 5.69 Å². The molecule has 0 saturated carbocycles. The number of anilines is 1. The number of ether oxygens (including phenoxy) is 2. The van der Waals surface area contributed by atoms with Crippen molar-refractivity contribution >= 4 is 29.2 Å². The first kappa shape index (κ1) is 19.8. The van der Waals surface area contributed by atoms with Crippen molar-refractivity contribution in [1.29, 1.82) is 0 Å². The number of halogens is 1. The highest BCUT2D eigenvalue weighted by Crippen LogP contribution is 2.28. The Balaban J connectivity index is 2.04. The molecule has 5 nitrogen and oxygen atoms in total. The van der Waals surface area contributed by atoms with E-state index in [2.05, 4.69) is 5.32 Å². The van der Waals surface area contributed by atoms with E-state index < -0.39 is 23.9 Å². The predicted octanol–water partition coefficient (Wildman–Crippen LogP) is 4.41. The lowest BCUT2D eigenvalue weighted by atomic mass is 9.97. The van der Waals surface area contributed by atoms with Crippen molar-refractivity contribution in [2.75, 3.05) is 12.4 Å². The summed E-state index contributed by atoms with van der Waals surface area (Å²) in [5, 5.41) is 3.14. The van der Waals surface area contributed by atoms with E-state index in [0.29, 0.717) is 22.9 Å². The number of rotatable bonds is 7. The second-order valence-electron chi connectivity index (χ2n) is 5.78. The molecule has 2 aromatic rings. The van der Waals surface area contributed by atoms with E-state index >= 15 is 0 Å². The number of methoxy groups -OCH3 is 1. The molecule has 0 fully saturated rings. The van der Waals surface area contributed by atoms with Crippen molar-refractivity contribution in [3.8, 4) is 5.75 Å². The molecule has 0 aliphatic heterocycles. The molecule has 2 rings (SSSR count). The monoisotopic (exact) mass is 375 g/mol. The lowest BCUT2D eigenvalue weighted by Crippen LogP contribution is -2.31. The minimum absolute atomic E-state index is 0.410. The third-order valence-corrected chi connectivity index (χ3v) is 4.21. The van der Waals surface area contributed by atoms with Gasteiger partial charge in [0.2, 0.25) is 0 Å². The summed E-state index contributed by atoms with van der Waals surface area (Å²) in [5.74, 6) is -0.828. The zero-order valence-electron chi connectivity index (χ0n) is 15.0. The summed E-state index contributed by atoms with van der Waals surface area (Å²) < 4.78 is 10.6. The lowest BCUT2D eigenvalue weighted by Gasteiger charge is -2.19. The molecule has 0 aliphatic rings. The summed E-state index contributed by atoms with van der Waals surface area (Å²) in [6.45, 7) is 3.43. The number of hydrogen-bond acceptors (Lipinski definition) is 4. The Morgan fingerprint density at radius 2 is 1.85 bits per heavy atom. The molecule has 0 radical (unpaired) electrons. The Morgan fingerprint density at radius 3 is 2.46 bits per heavy atom. The fourth-order valence-corrected chi connectivity index (χ4v) is 2.72. The summed E-state index contributed by atoms with van der Waals surface area (Å²) in [5.41, 5.74) is 1.28. The first-order valence-electron chi connectivity index (χ1n) is 8.36. The van der Waals surface area contributed by atoms with Gasteiger partial charge in [0.25, 0.3) is 5.91 Å². The van der Waals surface area contributed by atoms with Crippen molar-refractivity contribution < 1.29 is 19.1 Å². The standard InChI is InChI=1S/C20H22ClNO4/c1-4-16(14-8-6-5-7-9-14)20(24)26-13(2)19(23)22-17-12-15(21)10-11-18(17)25-3/h5-13,16H,4H2,1-3H3,(H,22,23)/t13-,16+/m1/s1. The number of esters is 1. The van der Waals surface area contributed by atoms with Crippen molar-refractivity contribution in [2.24, 2.45) is 0 Å². The molecule has 26 heavy (non-hydrogen) atoms. The second kappa shape index (κ2) is 9.25. The minimum Gasteiger partial charge on any atom is -0.495 e. The van der Waals surface area contributed by atoms with E-state index in [1.165, 1.54) is 14.0 Å². The number of carbonyl (C=O) groups is 2. The third kappa shape index (κ3) is 4.99. The maximum Gasteiger partial charge on any atom is 0.314 e. The SMILES string of the molecule is CC[C@H](C(=O)O[C@H](C)C(=O)Nc1cc(Cl)ccc1OC)c1ccccc1. The number of amides is 1. The summed E-state index contributed by atoms with van der Waals surface area (Å²) in [6, 6.07) is 14.2. The van der Waals surface area contributed by atoms with Crippen LogP contribution in [0.25, 0.3) is 0 Å². The average Bonchev–Trinajstić information content (AvgIpc) is 2.63. The van der Waals surface area contributed by atoms with Crippen LogP contribution in [0.15, 0.2) is 48.5 Å². The molecule has 0 bridgehead atoms. The summed E-state index contributed by atoms with van der Waals surface area (Å²) in [6.07, 6.45) is -0.372. The Kier molecular flexibility index (Phi) is 7.04. The average molecular weight is 376 g/mol. The second-order valence-corrected chi connectivity index (χ2v) is 6.22. The van der Waals surface area contributed by atoms with E-state index in [-0.39, 0.29) is 0 Å². The fraction of sp³-hybridized carbons (Fsp3) is 0.300. The van der Waals surface area contributed by atoms with Crippen molar-refractivity contribution in [2.45, 2.75) is 32.3 Å². The number of nitrogens with one attached hydrogen (secondary N) is 1. The number of carbonyl (C=O) groups excluding carboxylic acids is 2. The van der Waals surface area contributed by atoms with Gasteiger partial charge in [-0.1, -0.05) is 48.9 Å². The highest BCUT2D eigenvalue weighted by atomic mass is 35.5. The van der Waals surface area contributed by atoms with Gasteiger partial charge in [0, 0.05) is 5.02 Å². The van der Waals surface area contributed by atoms with Crippen LogP contribution in [-0.2, 0) is 14.3 Å². The van der Waals surface area contributed by atoms with E-state index in [9.17, 15) is 9.59 Å². The van der Waals surface area contributed by atoms with Gasteiger partial charge in [-0.05, 0) is 37.1 Å². The summed E-state index contributed by atoms with van der Waals surface area (Å²) >= 11 is 5.96. The van der Waals surface area contributed by atoms with Gasteiger partial charge in [0.05, 0.1) is 18.7 Å². The Morgan fingerprint density at radius 1 is 1.15 bits per heavy atom. The van der Waals surface area contributed by atoms with Gasteiger partial charge in [-0.3, -0.25) is 9.59 Å². The Hall–Kier alpha value is -2.53. The van der Waals surface area contributed by atoms with Crippen LogP contribution >= 0.6 is 11.6 Å². The minimum atomic E-state index is -0.955. The quantitative estimate of drug-likeness (QED) is 0.728. The van der Waals surface area contributed by atoms with E-state index in [0.717, 1.165) is 5.56 Å². The van der Waals surface area contributed by atoms with Crippen LogP contribution in [0.3, 0.4) is 0 Å². The molecule has 0 aromatic heterocycles. The van der Waals surface area contributed by atoms with Crippen LogP contribution in [-0.4, -0.2) is 25.1 Å². The van der Waals surface area contributed by atoms with Gasteiger partial charge < -0.3 is 14.8 Å². The molecule has 0 heterocycles. The molecule has 2 aromatic carbocycles. The van der Waals surface area contributed by atoms with Gasteiger partial charge in [-0.2, -0.15) is 0 Å². The summed E-state index contributed by atoms with van der Waals surface area (Å²) in [7, 11) is 1.49. The molecule has 1 amide bonds. The van der Waals surface area contributed by atoms with Crippen LogP contribution in [0.1, 0.15) is 31.7 Å². The van der Waals surface area contributed by atoms with Gasteiger partial charge in [-0.15, -0.1) is 0 Å². The zero-order chi connectivity index (χ0) is 19.1. The van der Waals surface area contributed by atoms with Gasteiger partial charge in [0.1, 0.15) is 5.75 Å². The van der Waals surface area contributed by atoms with Crippen molar-refractivity contribution in [3.63, 3.8) is 0 Å². The molecular formula is C20H22ClNO4. The molecule has 0 aliphatic carbocycles. The molecule has 0 saturated heterocycles. The van der Waals surface area contributed by atoms with Crippen LogP contribution in [0, 0.1) is 0 Å². The number of hydrogen-bond donors (Lipinski definition) is 1. The zero-order valence-corrected chi connectivity index (χ0v) is 15.7. The third-order valence-electron chi connectivity index (χ3n) is 3.98. The van der Waals surface area contributed by atoms with Gasteiger partial charge in [0.15, 0.2) is 6.10 Å². The van der Waals surface area contributed by atoms with Crippen LogP contribution < -0.4 is 10.1 Å². The fourth-order valence-electron chi connectivity index (χ4n) is 2.55. The first-order valence-corrected chi connectivity index (χ1v) is 8.73. The molecule has 138 valence electrons. The van der Waals surface area contributed by atoms with E-state index in [1.807, 2.05) is 37.3 Å². The van der Waals surface area contributed by atoms with Gasteiger partial charge in [-0.25, -0.2) is 0 Å². The van der Waals surface area contributed by atoms with Crippen LogP contribution in [0.2, 0.25) is 5.02 Å². The molecule has 1 N–H and O–H groups in total. The number of benzene rings is 2. The van der Waals surface area contributed by atoms with Crippen molar-refractivity contribution in [1.82, 2.24) is 0 Å². The van der Waals surface area contributed by atoms with E-state index in [4.69, 9.17) is 21.1 Å². The molecule has 6 heteroatoms. The molecule has 0 unspecified atom stereocenters. The highest BCUT2D eigenvalue weighted by Gasteiger charge is 2.25. The summed E-state index contributed by atoms with van der Waals surface area (Å²) in [4.78, 5) is 24.9. The smallest absolute Gasteiger partial charge is 0.314 e. The first-order chi connectivity index (χ1) is 12.5. The molecule has 2 atom stereocenters. The highest BCUT2D eigenvalue weighted by molar-refractivity contribution is 6.31. The normalized spacial score (nSPS) is 12.8. The van der Waals surface area contributed by atoms with Crippen LogP contribution in [0.5, 0.6) is 5.75 Å². The lowest BCUT2D eigenvalue weighted by molar-refractivity contribution is -0.154. The Bertz CT molecular complexity index is 764. The van der Waals surface area contributed by atoms with Crippen molar-refractivity contribution in [3.05, 3.63) is 59.1 Å². The maximum absolute atomic E-state index is 12.5. The topological polar surface area (TPSA) is 64.6 Å². The van der Waals surface area contributed by atoms with Gasteiger partial charge >= 0.3 is 5.97 Å². The molecule has 0 spiro atoms. The van der Waals surface area contributed by atoms with E-state index in [1.54, 1.807) is 18.2 Å². The predicted molar refractivity (Wildman–Crippen MR) is 102 cm³/mol.